The van der Waals surface area contributed by atoms with Crippen molar-refractivity contribution in [2.45, 2.75) is 26.5 Å². The minimum Gasteiger partial charge on any atom is -0.493 e. The summed E-state index contributed by atoms with van der Waals surface area (Å²) in [6.45, 7) is 4.42. The summed E-state index contributed by atoms with van der Waals surface area (Å²) in [6.07, 6.45) is 0.00936. The molecule has 0 aliphatic heterocycles. The summed E-state index contributed by atoms with van der Waals surface area (Å²) in [5, 5.41) is 3.90. The number of methoxy groups -OCH3 is 1. The fourth-order valence-corrected chi connectivity index (χ4v) is 2.85. The Bertz CT molecular complexity index is 946. The number of hydrogen-bond donors (Lipinski definition) is 3. The number of rotatable bonds is 6. The number of ether oxygens (including phenoxy) is 2. The minimum absolute atomic E-state index is 0.00936. The highest BCUT2D eigenvalue weighted by atomic mass is 35.5. The van der Waals surface area contributed by atoms with Crippen molar-refractivity contribution in [3.05, 3.63) is 51.4 Å². The third kappa shape index (κ3) is 3.91. The number of benzene rings is 2. The zero-order valence-corrected chi connectivity index (χ0v) is 15.0. The molecule has 7 heteroatoms. The van der Waals surface area contributed by atoms with E-state index in [1.54, 1.807) is 13.2 Å². The van der Waals surface area contributed by atoms with Crippen molar-refractivity contribution in [1.29, 1.82) is 0 Å². The first-order chi connectivity index (χ1) is 12.0. The van der Waals surface area contributed by atoms with Gasteiger partial charge in [0.05, 0.1) is 24.2 Å². The summed E-state index contributed by atoms with van der Waals surface area (Å²) in [4.78, 5) is 16.8. The Morgan fingerprint density at radius 1 is 1.16 bits per heavy atom. The molecule has 0 amide bonds. The number of aromatic amines is 2. The van der Waals surface area contributed by atoms with Gasteiger partial charge in [-0.05, 0) is 38.1 Å². The highest BCUT2D eigenvalue weighted by Crippen LogP contribution is 2.36. The van der Waals surface area contributed by atoms with Gasteiger partial charge in [0.15, 0.2) is 11.5 Å². The molecule has 6 nitrogen and oxygen atoms in total. The molecule has 0 aliphatic carbocycles. The van der Waals surface area contributed by atoms with Crippen LogP contribution in [-0.4, -0.2) is 23.2 Å². The fourth-order valence-electron chi connectivity index (χ4n) is 2.61. The van der Waals surface area contributed by atoms with E-state index >= 15 is 0 Å². The zero-order valence-electron chi connectivity index (χ0n) is 14.3. The van der Waals surface area contributed by atoms with Crippen LogP contribution in [0.1, 0.15) is 19.4 Å². The average Bonchev–Trinajstić information content (AvgIpc) is 2.93. The van der Waals surface area contributed by atoms with Gasteiger partial charge in [-0.25, -0.2) is 4.79 Å². The van der Waals surface area contributed by atoms with Gasteiger partial charge in [0, 0.05) is 28.9 Å². The Kier molecular flexibility index (Phi) is 4.90. The van der Waals surface area contributed by atoms with E-state index in [2.05, 4.69) is 15.3 Å². The number of fused-ring (bicyclic) bond motifs is 1. The number of halogens is 1. The number of nitrogens with one attached hydrogen (secondary N) is 3. The van der Waals surface area contributed by atoms with Crippen LogP contribution in [-0.2, 0) is 6.54 Å². The van der Waals surface area contributed by atoms with Crippen molar-refractivity contribution < 1.29 is 9.47 Å². The summed E-state index contributed by atoms with van der Waals surface area (Å²) in [5.41, 5.74) is 3.05. The van der Waals surface area contributed by atoms with Gasteiger partial charge in [-0.3, -0.25) is 0 Å². The van der Waals surface area contributed by atoms with Crippen LogP contribution in [0.2, 0.25) is 5.02 Å². The minimum atomic E-state index is -0.223. The number of aromatic nitrogens is 2. The Hall–Kier alpha value is -2.60. The summed E-state index contributed by atoms with van der Waals surface area (Å²) < 4.78 is 11.3. The van der Waals surface area contributed by atoms with E-state index in [0.717, 1.165) is 22.3 Å². The van der Waals surface area contributed by atoms with Crippen LogP contribution in [0.25, 0.3) is 11.0 Å². The van der Waals surface area contributed by atoms with Crippen LogP contribution in [0, 0.1) is 0 Å². The predicted molar refractivity (Wildman–Crippen MR) is 100 cm³/mol. The molecule has 132 valence electrons. The lowest BCUT2D eigenvalue weighted by atomic mass is 10.1. The standard InChI is InChI=1S/C18H20ClN3O3/c1-10(2)25-17-11(6-12(19)7-16(17)24-3)9-20-13-4-5-14-15(8-13)22-18(23)21-14/h4-8,10,20H,9H2,1-3H3,(H2,21,22,23). The second-order valence-corrected chi connectivity index (χ2v) is 6.39. The fraction of sp³-hybridized carbons (Fsp3) is 0.278. The van der Waals surface area contributed by atoms with E-state index in [1.165, 1.54) is 0 Å². The molecule has 3 rings (SSSR count). The highest BCUT2D eigenvalue weighted by molar-refractivity contribution is 6.30. The van der Waals surface area contributed by atoms with Gasteiger partial charge in [-0.2, -0.15) is 0 Å². The van der Waals surface area contributed by atoms with Gasteiger partial charge in [0.2, 0.25) is 0 Å². The third-order valence-electron chi connectivity index (χ3n) is 3.67. The molecule has 3 N–H and O–H groups in total. The topological polar surface area (TPSA) is 79.1 Å². The molecular weight excluding hydrogens is 342 g/mol. The molecule has 0 saturated carbocycles. The molecule has 1 aromatic heterocycles. The van der Waals surface area contributed by atoms with Gasteiger partial charge in [-0.15, -0.1) is 0 Å². The van der Waals surface area contributed by atoms with Gasteiger partial charge in [0.25, 0.3) is 0 Å². The summed E-state index contributed by atoms with van der Waals surface area (Å²) in [7, 11) is 1.59. The van der Waals surface area contributed by atoms with E-state index < -0.39 is 0 Å². The molecular formula is C18H20ClN3O3. The maximum atomic E-state index is 11.4. The number of hydrogen-bond acceptors (Lipinski definition) is 4. The first-order valence-electron chi connectivity index (χ1n) is 7.95. The van der Waals surface area contributed by atoms with Crippen molar-refractivity contribution in [2.24, 2.45) is 0 Å². The SMILES string of the molecule is COc1cc(Cl)cc(CNc2ccc3[nH]c(=O)[nH]c3c2)c1OC(C)C. The van der Waals surface area contributed by atoms with Gasteiger partial charge < -0.3 is 24.8 Å². The number of imidazole rings is 1. The second-order valence-electron chi connectivity index (χ2n) is 5.96. The lowest BCUT2D eigenvalue weighted by Crippen LogP contribution is -2.10. The molecule has 0 bridgehead atoms. The van der Waals surface area contributed by atoms with Gasteiger partial charge in [0.1, 0.15) is 0 Å². The summed E-state index contributed by atoms with van der Waals surface area (Å²) in [5.74, 6) is 1.27. The smallest absolute Gasteiger partial charge is 0.323 e. The lowest BCUT2D eigenvalue weighted by molar-refractivity contribution is 0.228. The van der Waals surface area contributed by atoms with Gasteiger partial charge in [-0.1, -0.05) is 11.6 Å². The summed E-state index contributed by atoms with van der Waals surface area (Å²) in [6, 6.07) is 9.21. The Balaban J connectivity index is 1.87. The monoisotopic (exact) mass is 361 g/mol. The predicted octanol–water partition coefficient (Wildman–Crippen LogP) is 3.92. The van der Waals surface area contributed by atoms with Crippen LogP contribution < -0.4 is 20.5 Å². The number of anilines is 1. The highest BCUT2D eigenvalue weighted by Gasteiger charge is 2.14. The van der Waals surface area contributed by atoms with Crippen LogP contribution >= 0.6 is 11.6 Å². The second kappa shape index (κ2) is 7.11. The normalized spacial score (nSPS) is 11.1. The first-order valence-corrected chi connectivity index (χ1v) is 8.33. The van der Waals surface area contributed by atoms with E-state index in [0.29, 0.717) is 23.1 Å². The van der Waals surface area contributed by atoms with E-state index in [4.69, 9.17) is 21.1 Å². The molecule has 0 aliphatic rings. The first kappa shape index (κ1) is 17.2. The molecule has 0 radical (unpaired) electrons. The van der Waals surface area contributed by atoms with Crippen LogP contribution in [0.4, 0.5) is 5.69 Å². The van der Waals surface area contributed by atoms with Crippen LogP contribution in [0.5, 0.6) is 11.5 Å². The quantitative estimate of drug-likeness (QED) is 0.621. The lowest BCUT2D eigenvalue weighted by Gasteiger charge is -2.18. The van der Waals surface area contributed by atoms with Crippen molar-refractivity contribution in [1.82, 2.24) is 9.97 Å². The Morgan fingerprint density at radius 3 is 2.64 bits per heavy atom. The molecule has 3 aromatic rings. The van der Waals surface area contributed by atoms with Crippen LogP contribution in [0.3, 0.4) is 0 Å². The van der Waals surface area contributed by atoms with Crippen molar-refractivity contribution in [2.75, 3.05) is 12.4 Å². The van der Waals surface area contributed by atoms with Gasteiger partial charge >= 0.3 is 5.69 Å². The Labute approximate surface area is 150 Å². The van der Waals surface area contributed by atoms with Crippen LogP contribution in [0.15, 0.2) is 35.1 Å². The van der Waals surface area contributed by atoms with E-state index in [1.807, 2.05) is 38.1 Å². The average molecular weight is 362 g/mol. The molecule has 0 spiro atoms. The largest absolute Gasteiger partial charge is 0.493 e. The molecule has 0 saturated heterocycles. The van der Waals surface area contributed by atoms with Crippen molar-refractivity contribution in [3.8, 4) is 11.5 Å². The van der Waals surface area contributed by atoms with Crippen molar-refractivity contribution in [3.63, 3.8) is 0 Å². The molecule has 1 heterocycles. The molecule has 0 unspecified atom stereocenters. The number of H-pyrrole nitrogens is 2. The molecule has 0 atom stereocenters. The zero-order chi connectivity index (χ0) is 18.0. The van der Waals surface area contributed by atoms with E-state index in [9.17, 15) is 4.79 Å². The Morgan fingerprint density at radius 2 is 1.92 bits per heavy atom. The third-order valence-corrected chi connectivity index (χ3v) is 3.89. The van der Waals surface area contributed by atoms with E-state index in [-0.39, 0.29) is 11.8 Å². The molecule has 0 fully saturated rings. The molecule has 25 heavy (non-hydrogen) atoms. The summed E-state index contributed by atoms with van der Waals surface area (Å²) >= 11 is 6.19. The molecule has 2 aromatic carbocycles. The maximum Gasteiger partial charge on any atom is 0.323 e. The van der Waals surface area contributed by atoms with Crippen molar-refractivity contribution >= 4 is 28.3 Å². The maximum absolute atomic E-state index is 11.4.